The van der Waals surface area contributed by atoms with Gasteiger partial charge in [-0.15, -0.1) is 0 Å². The van der Waals surface area contributed by atoms with Crippen molar-refractivity contribution < 1.29 is 0 Å². The van der Waals surface area contributed by atoms with Crippen LogP contribution in [0.2, 0.25) is 0 Å². The second kappa shape index (κ2) is 6.48. The Bertz CT molecular complexity index is 1160. The Labute approximate surface area is 165 Å². The van der Waals surface area contributed by atoms with Crippen molar-refractivity contribution in [1.82, 2.24) is 19.4 Å². The van der Waals surface area contributed by atoms with Crippen molar-refractivity contribution in [2.24, 2.45) is 7.05 Å². The van der Waals surface area contributed by atoms with Gasteiger partial charge in [-0.2, -0.15) is 0 Å². The normalized spacial score (nSPS) is 18.0. The standard InChI is InChI=1S/C24H24N4/c1-16-15-21-19(8-6-14-27(21)2)23-24(16)28(3)22(26-23)13-12-18-11-10-17-7-4-5-9-20(17)25-18/h4-11,14-15,21H,12-13H2,1-3H3. The molecule has 3 aromatic rings. The van der Waals surface area contributed by atoms with Gasteiger partial charge in [-0.25, -0.2) is 4.98 Å². The van der Waals surface area contributed by atoms with Crippen LogP contribution >= 0.6 is 0 Å². The molecule has 4 heteroatoms. The van der Waals surface area contributed by atoms with E-state index >= 15 is 0 Å². The van der Waals surface area contributed by atoms with E-state index in [4.69, 9.17) is 9.97 Å². The molecule has 1 aromatic carbocycles. The maximum Gasteiger partial charge on any atom is 0.110 e. The fraction of sp³-hybridized carbons (Fsp3) is 0.250. The van der Waals surface area contributed by atoms with Crippen LogP contribution in [0.1, 0.15) is 29.8 Å². The molecular weight excluding hydrogens is 344 g/mol. The summed E-state index contributed by atoms with van der Waals surface area (Å²) < 4.78 is 2.26. The van der Waals surface area contributed by atoms with Crippen molar-refractivity contribution in [3.05, 3.63) is 83.7 Å². The summed E-state index contributed by atoms with van der Waals surface area (Å²) in [6.45, 7) is 2.19. The Morgan fingerprint density at radius 3 is 2.75 bits per heavy atom. The van der Waals surface area contributed by atoms with Gasteiger partial charge in [0, 0.05) is 37.2 Å². The first kappa shape index (κ1) is 17.0. The minimum atomic E-state index is 0.280. The van der Waals surface area contributed by atoms with Crippen LogP contribution < -0.4 is 0 Å². The molecule has 0 radical (unpaired) electrons. The summed E-state index contributed by atoms with van der Waals surface area (Å²) in [5.41, 5.74) is 7.13. The van der Waals surface area contributed by atoms with Crippen molar-refractivity contribution in [3.8, 4) is 0 Å². The number of fused-ring (bicyclic) bond motifs is 4. The zero-order valence-corrected chi connectivity index (χ0v) is 16.6. The van der Waals surface area contributed by atoms with Gasteiger partial charge in [0.1, 0.15) is 5.82 Å². The number of allylic oxidation sites excluding steroid dienone is 3. The van der Waals surface area contributed by atoms with Crippen LogP contribution in [-0.4, -0.2) is 32.5 Å². The van der Waals surface area contributed by atoms with E-state index in [2.05, 4.69) is 85.2 Å². The topological polar surface area (TPSA) is 34.0 Å². The molecule has 140 valence electrons. The molecule has 1 aliphatic heterocycles. The third kappa shape index (κ3) is 2.68. The molecule has 0 amide bonds. The number of rotatable bonds is 3. The lowest BCUT2D eigenvalue weighted by Crippen LogP contribution is -2.30. The Morgan fingerprint density at radius 2 is 1.86 bits per heavy atom. The quantitative estimate of drug-likeness (QED) is 0.688. The number of pyridine rings is 1. The highest BCUT2D eigenvalue weighted by atomic mass is 15.1. The summed E-state index contributed by atoms with van der Waals surface area (Å²) in [7, 11) is 4.26. The summed E-state index contributed by atoms with van der Waals surface area (Å²) >= 11 is 0. The fourth-order valence-corrected chi connectivity index (χ4v) is 4.34. The molecule has 1 aliphatic carbocycles. The van der Waals surface area contributed by atoms with Crippen LogP contribution in [0.4, 0.5) is 0 Å². The van der Waals surface area contributed by atoms with Gasteiger partial charge >= 0.3 is 0 Å². The van der Waals surface area contributed by atoms with E-state index in [1.807, 2.05) is 6.07 Å². The van der Waals surface area contributed by atoms with Gasteiger partial charge in [0.05, 0.1) is 22.9 Å². The highest BCUT2D eigenvalue weighted by molar-refractivity contribution is 5.86. The third-order valence-electron chi connectivity index (χ3n) is 5.86. The van der Waals surface area contributed by atoms with Crippen molar-refractivity contribution in [3.63, 3.8) is 0 Å². The Balaban J connectivity index is 1.46. The first-order valence-electron chi connectivity index (χ1n) is 9.81. The maximum absolute atomic E-state index is 5.06. The molecule has 0 spiro atoms. The molecule has 5 rings (SSSR count). The monoisotopic (exact) mass is 368 g/mol. The van der Waals surface area contributed by atoms with E-state index in [0.29, 0.717) is 0 Å². The largest absolute Gasteiger partial charge is 0.370 e. The number of para-hydroxylation sites is 1. The zero-order valence-electron chi connectivity index (χ0n) is 16.6. The van der Waals surface area contributed by atoms with E-state index in [1.54, 1.807) is 0 Å². The minimum absolute atomic E-state index is 0.280. The number of hydrogen-bond donors (Lipinski definition) is 0. The van der Waals surface area contributed by atoms with Gasteiger partial charge in [0.25, 0.3) is 0 Å². The molecule has 0 N–H and O–H groups in total. The molecule has 0 saturated heterocycles. The Morgan fingerprint density at radius 1 is 1.00 bits per heavy atom. The van der Waals surface area contributed by atoms with Crippen molar-refractivity contribution in [1.29, 1.82) is 0 Å². The molecule has 2 aromatic heterocycles. The molecule has 1 atom stereocenters. The molecule has 2 aliphatic rings. The predicted molar refractivity (Wildman–Crippen MR) is 115 cm³/mol. The molecule has 4 nitrogen and oxygen atoms in total. The number of hydrogen-bond acceptors (Lipinski definition) is 3. The first-order chi connectivity index (χ1) is 13.6. The van der Waals surface area contributed by atoms with Gasteiger partial charge in [-0.05, 0) is 43.3 Å². The molecule has 3 heterocycles. The van der Waals surface area contributed by atoms with Gasteiger partial charge in [-0.1, -0.05) is 36.4 Å². The number of likely N-dealkylation sites (N-methyl/N-ethyl adjacent to an activating group) is 1. The number of benzene rings is 1. The SMILES string of the molecule is CC1=CC2C(=CC=CN2C)c2nc(CCc3ccc4ccccc4n3)n(C)c21. The van der Waals surface area contributed by atoms with E-state index in [0.717, 1.165) is 35.6 Å². The van der Waals surface area contributed by atoms with Gasteiger partial charge in [-0.3, -0.25) is 4.98 Å². The maximum atomic E-state index is 5.06. The van der Waals surface area contributed by atoms with Crippen LogP contribution in [0.5, 0.6) is 0 Å². The molecular formula is C24H24N4. The van der Waals surface area contributed by atoms with E-state index in [9.17, 15) is 0 Å². The van der Waals surface area contributed by atoms with Crippen LogP contribution in [0.3, 0.4) is 0 Å². The number of imidazole rings is 1. The van der Waals surface area contributed by atoms with Crippen molar-refractivity contribution >= 4 is 22.0 Å². The van der Waals surface area contributed by atoms with E-state index in [-0.39, 0.29) is 6.04 Å². The Hall–Kier alpha value is -3.14. The summed E-state index contributed by atoms with van der Waals surface area (Å²) in [5, 5.41) is 1.19. The zero-order chi connectivity index (χ0) is 19.3. The van der Waals surface area contributed by atoms with E-state index in [1.165, 1.54) is 22.2 Å². The second-order valence-corrected chi connectivity index (χ2v) is 7.70. The summed E-state index contributed by atoms with van der Waals surface area (Å²) in [6.07, 6.45) is 10.5. The molecule has 1 unspecified atom stereocenters. The number of nitrogens with zero attached hydrogens (tertiary/aromatic N) is 4. The van der Waals surface area contributed by atoms with Crippen molar-refractivity contribution in [2.45, 2.75) is 25.8 Å². The average Bonchev–Trinajstić information content (AvgIpc) is 3.04. The number of aryl methyl sites for hydroxylation is 2. The van der Waals surface area contributed by atoms with Gasteiger partial charge in [0.2, 0.25) is 0 Å². The van der Waals surface area contributed by atoms with Crippen LogP contribution in [0.25, 0.3) is 22.0 Å². The van der Waals surface area contributed by atoms with Crippen LogP contribution in [0, 0.1) is 0 Å². The van der Waals surface area contributed by atoms with Crippen LogP contribution in [-0.2, 0) is 19.9 Å². The molecule has 0 saturated carbocycles. The minimum Gasteiger partial charge on any atom is -0.370 e. The first-order valence-corrected chi connectivity index (χ1v) is 9.81. The number of aromatic nitrogens is 3. The highest BCUT2D eigenvalue weighted by Gasteiger charge is 2.30. The van der Waals surface area contributed by atoms with Crippen LogP contribution in [0.15, 0.2) is 60.8 Å². The lowest BCUT2D eigenvalue weighted by molar-refractivity contribution is 0.441. The Kier molecular flexibility index (Phi) is 3.93. The smallest absolute Gasteiger partial charge is 0.110 e. The second-order valence-electron chi connectivity index (χ2n) is 7.70. The molecule has 0 fully saturated rings. The summed E-state index contributed by atoms with van der Waals surface area (Å²) in [6, 6.07) is 12.9. The molecule has 28 heavy (non-hydrogen) atoms. The third-order valence-corrected chi connectivity index (χ3v) is 5.86. The summed E-state index contributed by atoms with van der Waals surface area (Å²) in [4.78, 5) is 12.1. The lowest BCUT2D eigenvalue weighted by atomic mass is 9.89. The van der Waals surface area contributed by atoms with Crippen molar-refractivity contribution in [2.75, 3.05) is 7.05 Å². The average molecular weight is 368 g/mol. The van der Waals surface area contributed by atoms with Gasteiger partial charge in [0.15, 0.2) is 0 Å². The predicted octanol–water partition coefficient (Wildman–Crippen LogP) is 4.38. The van der Waals surface area contributed by atoms with Gasteiger partial charge < -0.3 is 9.47 Å². The lowest BCUT2D eigenvalue weighted by Gasteiger charge is -2.32. The molecule has 0 bridgehead atoms. The summed E-state index contributed by atoms with van der Waals surface area (Å²) in [5.74, 6) is 1.12. The van der Waals surface area contributed by atoms with E-state index < -0.39 is 0 Å². The highest BCUT2D eigenvalue weighted by Crippen LogP contribution is 2.37. The fourth-order valence-electron chi connectivity index (χ4n) is 4.34.